The Morgan fingerprint density at radius 3 is 2.68 bits per heavy atom. The van der Waals surface area contributed by atoms with E-state index >= 15 is 0 Å². The Labute approximate surface area is 163 Å². The van der Waals surface area contributed by atoms with Crippen molar-refractivity contribution in [2.24, 2.45) is 0 Å². The summed E-state index contributed by atoms with van der Waals surface area (Å²) in [7, 11) is 0. The Morgan fingerprint density at radius 2 is 1.82 bits per heavy atom. The molecule has 1 amide bonds. The number of carbonyl (C=O) groups excluding carboxylic acids is 1. The lowest BCUT2D eigenvalue weighted by atomic mass is 10.2. The molecule has 3 aromatic rings. The fourth-order valence-corrected chi connectivity index (χ4v) is 2.81. The van der Waals surface area contributed by atoms with Gasteiger partial charge in [0.1, 0.15) is 5.75 Å². The number of hydrogen-bond donors (Lipinski definition) is 1. The van der Waals surface area contributed by atoms with Gasteiger partial charge in [-0.05, 0) is 42.0 Å². The van der Waals surface area contributed by atoms with E-state index in [1.165, 1.54) is 0 Å². The molecule has 0 radical (unpaired) electrons. The van der Waals surface area contributed by atoms with Gasteiger partial charge in [-0.3, -0.25) is 4.79 Å². The van der Waals surface area contributed by atoms with E-state index in [4.69, 9.17) is 14.2 Å². The number of pyridine rings is 1. The summed E-state index contributed by atoms with van der Waals surface area (Å²) >= 11 is 0. The molecule has 0 spiro atoms. The van der Waals surface area contributed by atoms with Crippen molar-refractivity contribution in [3.05, 3.63) is 78.0 Å². The zero-order valence-corrected chi connectivity index (χ0v) is 15.3. The van der Waals surface area contributed by atoms with E-state index in [1.54, 1.807) is 30.5 Å². The van der Waals surface area contributed by atoms with Crippen molar-refractivity contribution in [3.8, 4) is 23.1 Å². The number of rotatable bonds is 5. The van der Waals surface area contributed by atoms with E-state index in [0.29, 0.717) is 48.5 Å². The number of fused-ring (bicyclic) bond motifs is 1. The third-order valence-corrected chi connectivity index (χ3v) is 4.23. The molecule has 1 N–H and O–H groups in total. The van der Waals surface area contributed by atoms with Gasteiger partial charge in [0.25, 0.3) is 5.91 Å². The summed E-state index contributed by atoms with van der Waals surface area (Å²) in [5, 5.41) is 2.91. The van der Waals surface area contributed by atoms with Crippen molar-refractivity contribution in [1.82, 2.24) is 10.3 Å². The van der Waals surface area contributed by atoms with Gasteiger partial charge < -0.3 is 19.5 Å². The summed E-state index contributed by atoms with van der Waals surface area (Å²) < 4.78 is 17.0. The molecule has 2 aromatic carbocycles. The van der Waals surface area contributed by atoms with Crippen LogP contribution < -0.4 is 19.5 Å². The average Bonchev–Trinajstić information content (AvgIpc) is 2.98. The number of amides is 1. The lowest BCUT2D eigenvalue weighted by molar-refractivity contribution is 0.0950. The second-order valence-corrected chi connectivity index (χ2v) is 6.31. The number of nitrogens with zero attached hydrogens (tertiary/aromatic N) is 1. The number of benzene rings is 2. The molecule has 1 aromatic heterocycles. The van der Waals surface area contributed by atoms with Crippen molar-refractivity contribution in [3.63, 3.8) is 0 Å². The summed E-state index contributed by atoms with van der Waals surface area (Å²) in [5.74, 6) is 2.29. The zero-order chi connectivity index (χ0) is 19.2. The van der Waals surface area contributed by atoms with Gasteiger partial charge in [0, 0.05) is 30.8 Å². The van der Waals surface area contributed by atoms with Crippen LogP contribution in [-0.2, 0) is 6.54 Å². The van der Waals surface area contributed by atoms with Gasteiger partial charge in [-0.1, -0.05) is 18.2 Å². The number of carbonyl (C=O) groups is 1. The molecule has 0 saturated carbocycles. The topological polar surface area (TPSA) is 69.7 Å². The Kier molecular flexibility index (Phi) is 5.38. The minimum Gasteiger partial charge on any atom is -0.490 e. The highest BCUT2D eigenvalue weighted by atomic mass is 16.5. The third kappa shape index (κ3) is 4.40. The smallest absolute Gasteiger partial charge is 0.251 e. The van der Waals surface area contributed by atoms with Crippen LogP contribution in [0.2, 0.25) is 0 Å². The van der Waals surface area contributed by atoms with Gasteiger partial charge >= 0.3 is 0 Å². The standard InChI is InChI=1S/C22H20N2O4/c25-22(17-7-8-19-20(14-17)27-12-4-11-26-19)24-15-16-9-10-23-21(13-16)28-18-5-2-1-3-6-18/h1-3,5-10,13-14H,4,11-12,15H2,(H,24,25). The minimum absolute atomic E-state index is 0.182. The summed E-state index contributed by atoms with van der Waals surface area (Å²) in [6.07, 6.45) is 2.49. The molecule has 1 aliphatic heterocycles. The zero-order valence-electron chi connectivity index (χ0n) is 15.3. The third-order valence-electron chi connectivity index (χ3n) is 4.23. The predicted molar refractivity (Wildman–Crippen MR) is 104 cm³/mol. The molecule has 0 fully saturated rings. The van der Waals surface area contributed by atoms with E-state index < -0.39 is 0 Å². The highest BCUT2D eigenvalue weighted by Crippen LogP contribution is 2.30. The molecule has 0 atom stereocenters. The second kappa shape index (κ2) is 8.43. The van der Waals surface area contributed by atoms with Gasteiger partial charge in [-0.25, -0.2) is 4.98 Å². The fraction of sp³-hybridized carbons (Fsp3) is 0.182. The molecule has 6 nitrogen and oxygen atoms in total. The van der Waals surface area contributed by atoms with E-state index in [0.717, 1.165) is 12.0 Å². The molecule has 2 heterocycles. The first-order chi connectivity index (χ1) is 13.8. The Morgan fingerprint density at radius 1 is 1.00 bits per heavy atom. The molecule has 28 heavy (non-hydrogen) atoms. The van der Waals surface area contributed by atoms with Gasteiger partial charge in [0.05, 0.1) is 13.2 Å². The quantitative estimate of drug-likeness (QED) is 0.730. The molecule has 142 valence electrons. The highest BCUT2D eigenvalue weighted by molar-refractivity contribution is 5.94. The maximum absolute atomic E-state index is 12.5. The molecule has 0 aliphatic carbocycles. The largest absolute Gasteiger partial charge is 0.490 e. The van der Waals surface area contributed by atoms with Gasteiger partial charge in [-0.2, -0.15) is 0 Å². The maximum Gasteiger partial charge on any atom is 0.251 e. The number of nitrogens with one attached hydrogen (secondary N) is 1. The first-order valence-corrected chi connectivity index (χ1v) is 9.13. The average molecular weight is 376 g/mol. The number of ether oxygens (including phenoxy) is 3. The van der Waals surface area contributed by atoms with Crippen LogP contribution in [-0.4, -0.2) is 24.1 Å². The molecule has 1 aliphatic rings. The normalized spacial score (nSPS) is 12.7. The number of hydrogen-bond acceptors (Lipinski definition) is 5. The van der Waals surface area contributed by atoms with Crippen molar-refractivity contribution >= 4 is 5.91 Å². The first kappa shape index (κ1) is 17.9. The monoisotopic (exact) mass is 376 g/mol. The highest BCUT2D eigenvalue weighted by Gasteiger charge is 2.14. The molecule has 0 saturated heterocycles. The lowest BCUT2D eigenvalue weighted by Crippen LogP contribution is -2.22. The molecular formula is C22H20N2O4. The van der Waals surface area contributed by atoms with Crippen molar-refractivity contribution in [2.45, 2.75) is 13.0 Å². The van der Waals surface area contributed by atoms with Gasteiger partial charge in [0.15, 0.2) is 11.5 Å². The lowest BCUT2D eigenvalue weighted by Gasteiger charge is -2.10. The van der Waals surface area contributed by atoms with Crippen LogP contribution in [0, 0.1) is 0 Å². The van der Waals surface area contributed by atoms with E-state index in [2.05, 4.69) is 10.3 Å². The Hall–Kier alpha value is -3.54. The molecular weight excluding hydrogens is 356 g/mol. The first-order valence-electron chi connectivity index (χ1n) is 9.13. The summed E-state index contributed by atoms with van der Waals surface area (Å²) in [6, 6.07) is 18.3. The predicted octanol–water partition coefficient (Wildman–Crippen LogP) is 3.97. The van der Waals surface area contributed by atoms with Gasteiger partial charge in [0.2, 0.25) is 5.88 Å². The summed E-state index contributed by atoms with van der Waals surface area (Å²) in [5.41, 5.74) is 1.42. The second-order valence-electron chi connectivity index (χ2n) is 6.31. The summed E-state index contributed by atoms with van der Waals surface area (Å²) in [4.78, 5) is 16.7. The SMILES string of the molecule is O=C(NCc1ccnc(Oc2ccccc2)c1)c1ccc2c(c1)OCCCO2. The number of para-hydroxylation sites is 1. The van der Waals surface area contributed by atoms with Crippen LogP contribution in [0.4, 0.5) is 0 Å². The molecule has 4 rings (SSSR count). The van der Waals surface area contributed by atoms with Crippen LogP contribution in [0.3, 0.4) is 0 Å². The van der Waals surface area contributed by atoms with Crippen LogP contribution in [0.15, 0.2) is 66.9 Å². The summed E-state index contributed by atoms with van der Waals surface area (Å²) in [6.45, 7) is 1.56. The Balaban J connectivity index is 1.40. The molecule has 6 heteroatoms. The number of aromatic nitrogens is 1. The minimum atomic E-state index is -0.182. The van der Waals surface area contributed by atoms with Crippen molar-refractivity contribution in [2.75, 3.05) is 13.2 Å². The van der Waals surface area contributed by atoms with Gasteiger partial charge in [-0.15, -0.1) is 0 Å². The van der Waals surface area contributed by atoms with E-state index in [9.17, 15) is 4.79 Å². The van der Waals surface area contributed by atoms with Crippen molar-refractivity contribution in [1.29, 1.82) is 0 Å². The maximum atomic E-state index is 12.5. The molecule has 0 unspecified atom stereocenters. The van der Waals surface area contributed by atoms with E-state index in [-0.39, 0.29) is 5.91 Å². The van der Waals surface area contributed by atoms with Crippen LogP contribution >= 0.6 is 0 Å². The van der Waals surface area contributed by atoms with E-state index in [1.807, 2.05) is 36.4 Å². The van der Waals surface area contributed by atoms with Crippen LogP contribution in [0.5, 0.6) is 23.1 Å². The van der Waals surface area contributed by atoms with Crippen LogP contribution in [0.25, 0.3) is 0 Å². The fourth-order valence-electron chi connectivity index (χ4n) is 2.81. The molecule has 0 bridgehead atoms. The Bertz CT molecular complexity index is 960. The van der Waals surface area contributed by atoms with Crippen molar-refractivity contribution < 1.29 is 19.0 Å². The van der Waals surface area contributed by atoms with Crippen LogP contribution in [0.1, 0.15) is 22.3 Å².